The summed E-state index contributed by atoms with van der Waals surface area (Å²) in [7, 11) is 1.67. The first kappa shape index (κ1) is 19.0. The highest BCUT2D eigenvalue weighted by molar-refractivity contribution is 6.35. The molecule has 0 fully saturated rings. The Bertz CT molecular complexity index is 1080. The number of carboxylic acids is 1. The molecule has 4 nitrogen and oxygen atoms in total. The monoisotopic (exact) mass is 398 g/mol. The van der Waals surface area contributed by atoms with Crippen molar-refractivity contribution in [2.75, 3.05) is 0 Å². The topological polar surface area (TPSA) is 66.0 Å². The number of nitrogens with zero attached hydrogens (tertiary/aromatic N) is 2. The standard InChI is InChI=1S/C21H16Cl2N2O2/c1-3-18-16(11-24)19(20(21(26)27)25(18)2)13-6-4-12(5-7-13)15-10-14(22)8-9-17(15)23/h4-10H,3H2,1-2H3,(H,26,27). The third kappa shape index (κ3) is 3.32. The van der Waals surface area contributed by atoms with E-state index in [9.17, 15) is 15.2 Å². The smallest absolute Gasteiger partial charge is 0.353 e. The Balaban J connectivity index is 2.18. The van der Waals surface area contributed by atoms with E-state index in [4.69, 9.17) is 23.2 Å². The van der Waals surface area contributed by atoms with Crippen molar-refractivity contribution >= 4 is 29.2 Å². The number of rotatable bonds is 4. The van der Waals surface area contributed by atoms with E-state index in [1.807, 2.05) is 19.1 Å². The molecule has 1 aromatic heterocycles. The van der Waals surface area contributed by atoms with Crippen LogP contribution >= 0.6 is 23.2 Å². The van der Waals surface area contributed by atoms with Crippen molar-refractivity contribution in [2.24, 2.45) is 7.05 Å². The molecule has 0 atom stereocenters. The molecule has 0 spiro atoms. The molecule has 136 valence electrons. The van der Waals surface area contributed by atoms with Gasteiger partial charge >= 0.3 is 5.97 Å². The second-order valence-electron chi connectivity index (χ2n) is 6.08. The van der Waals surface area contributed by atoms with E-state index < -0.39 is 5.97 Å². The first-order valence-electron chi connectivity index (χ1n) is 8.29. The van der Waals surface area contributed by atoms with Gasteiger partial charge in [-0.3, -0.25) is 0 Å². The summed E-state index contributed by atoms with van der Waals surface area (Å²) in [5.41, 5.74) is 3.95. The molecule has 0 saturated carbocycles. The van der Waals surface area contributed by atoms with E-state index in [2.05, 4.69) is 6.07 Å². The number of aromatic carboxylic acids is 1. The van der Waals surface area contributed by atoms with Gasteiger partial charge in [0, 0.05) is 33.9 Å². The molecule has 2 aromatic carbocycles. The minimum atomic E-state index is -1.06. The molecule has 6 heteroatoms. The highest BCUT2D eigenvalue weighted by Gasteiger charge is 2.25. The molecular weight excluding hydrogens is 383 g/mol. The molecule has 0 saturated heterocycles. The van der Waals surface area contributed by atoms with E-state index in [-0.39, 0.29) is 5.69 Å². The van der Waals surface area contributed by atoms with Gasteiger partial charge in [-0.05, 0) is 35.7 Å². The van der Waals surface area contributed by atoms with E-state index in [1.165, 1.54) is 0 Å². The van der Waals surface area contributed by atoms with Gasteiger partial charge in [0.1, 0.15) is 11.8 Å². The lowest BCUT2D eigenvalue weighted by Gasteiger charge is -2.08. The van der Waals surface area contributed by atoms with Gasteiger partial charge in [0.2, 0.25) is 0 Å². The van der Waals surface area contributed by atoms with Crippen molar-refractivity contribution in [1.82, 2.24) is 4.57 Å². The van der Waals surface area contributed by atoms with Gasteiger partial charge in [-0.2, -0.15) is 5.26 Å². The Morgan fingerprint density at radius 2 is 1.78 bits per heavy atom. The second-order valence-corrected chi connectivity index (χ2v) is 6.92. The largest absolute Gasteiger partial charge is 0.477 e. The molecule has 0 aliphatic rings. The summed E-state index contributed by atoms with van der Waals surface area (Å²) in [5.74, 6) is -1.06. The number of hydrogen-bond acceptors (Lipinski definition) is 2. The van der Waals surface area contributed by atoms with E-state index in [1.54, 1.807) is 41.9 Å². The van der Waals surface area contributed by atoms with Gasteiger partial charge in [-0.1, -0.05) is 54.4 Å². The van der Waals surface area contributed by atoms with Gasteiger partial charge in [-0.15, -0.1) is 0 Å². The summed E-state index contributed by atoms with van der Waals surface area (Å²) >= 11 is 12.3. The molecule has 1 N–H and O–H groups in total. The molecule has 3 rings (SSSR count). The quantitative estimate of drug-likeness (QED) is 0.603. The molecule has 27 heavy (non-hydrogen) atoms. The summed E-state index contributed by atoms with van der Waals surface area (Å²) < 4.78 is 1.58. The summed E-state index contributed by atoms with van der Waals surface area (Å²) in [5, 5.41) is 20.4. The molecule has 3 aromatic rings. The molecule has 0 radical (unpaired) electrons. The zero-order chi connectivity index (χ0) is 19.7. The van der Waals surface area contributed by atoms with Crippen LogP contribution in [0.4, 0.5) is 0 Å². The van der Waals surface area contributed by atoms with Crippen LogP contribution < -0.4 is 0 Å². The number of halogens is 2. The minimum Gasteiger partial charge on any atom is -0.477 e. The van der Waals surface area contributed by atoms with Crippen LogP contribution in [0.2, 0.25) is 10.0 Å². The predicted octanol–water partition coefficient (Wildman–Crippen LogP) is 5.80. The zero-order valence-corrected chi connectivity index (χ0v) is 16.3. The van der Waals surface area contributed by atoms with Crippen LogP contribution in [-0.2, 0) is 13.5 Å². The fourth-order valence-electron chi connectivity index (χ4n) is 3.33. The molecule has 0 unspecified atom stereocenters. The van der Waals surface area contributed by atoms with E-state index >= 15 is 0 Å². The molecule has 0 bridgehead atoms. The molecular formula is C21H16Cl2N2O2. The maximum absolute atomic E-state index is 11.8. The molecule has 0 amide bonds. The molecule has 0 aliphatic heterocycles. The van der Waals surface area contributed by atoms with Crippen LogP contribution in [0.15, 0.2) is 42.5 Å². The van der Waals surface area contributed by atoms with Crippen LogP contribution in [0, 0.1) is 11.3 Å². The van der Waals surface area contributed by atoms with Gasteiger partial charge in [-0.25, -0.2) is 4.79 Å². The van der Waals surface area contributed by atoms with Crippen molar-refractivity contribution in [1.29, 1.82) is 5.26 Å². The van der Waals surface area contributed by atoms with Crippen LogP contribution in [0.25, 0.3) is 22.3 Å². The highest BCUT2D eigenvalue weighted by atomic mass is 35.5. The number of carboxylic acid groups (broad SMARTS) is 1. The van der Waals surface area contributed by atoms with Gasteiger partial charge in [0.05, 0.1) is 5.56 Å². The summed E-state index contributed by atoms with van der Waals surface area (Å²) in [4.78, 5) is 11.8. The van der Waals surface area contributed by atoms with E-state index in [0.29, 0.717) is 38.9 Å². The van der Waals surface area contributed by atoms with Gasteiger partial charge in [0.25, 0.3) is 0 Å². The summed E-state index contributed by atoms with van der Waals surface area (Å²) in [6, 6.07) is 14.7. The van der Waals surface area contributed by atoms with Crippen molar-refractivity contribution in [3.8, 4) is 28.3 Å². The lowest BCUT2D eigenvalue weighted by molar-refractivity contribution is 0.0687. The maximum atomic E-state index is 11.8. The van der Waals surface area contributed by atoms with Crippen LogP contribution in [0.1, 0.15) is 28.7 Å². The first-order valence-corrected chi connectivity index (χ1v) is 9.05. The zero-order valence-electron chi connectivity index (χ0n) is 14.8. The Morgan fingerprint density at radius 1 is 1.15 bits per heavy atom. The number of nitriles is 1. The minimum absolute atomic E-state index is 0.108. The Hall–Kier alpha value is -2.74. The van der Waals surface area contributed by atoms with Crippen molar-refractivity contribution in [2.45, 2.75) is 13.3 Å². The number of carbonyl (C=O) groups is 1. The summed E-state index contributed by atoms with van der Waals surface area (Å²) in [6.07, 6.45) is 0.565. The fraction of sp³-hybridized carbons (Fsp3) is 0.143. The Kier molecular flexibility index (Phi) is 5.27. The lowest BCUT2D eigenvalue weighted by atomic mass is 9.97. The van der Waals surface area contributed by atoms with Crippen molar-refractivity contribution < 1.29 is 9.90 Å². The van der Waals surface area contributed by atoms with Gasteiger partial charge < -0.3 is 9.67 Å². The van der Waals surface area contributed by atoms with Gasteiger partial charge in [0.15, 0.2) is 0 Å². The SMILES string of the molecule is CCc1c(C#N)c(-c2ccc(-c3cc(Cl)ccc3Cl)cc2)c(C(=O)O)n1C. The maximum Gasteiger partial charge on any atom is 0.353 e. The van der Waals surface area contributed by atoms with Crippen LogP contribution in [0.3, 0.4) is 0 Å². The molecule has 0 aliphatic carbocycles. The normalized spacial score (nSPS) is 10.6. The van der Waals surface area contributed by atoms with E-state index in [0.717, 1.165) is 11.1 Å². The average molecular weight is 399 g/mol. The van der Waals surface area contributed by atoms with Crippen molar-refractivity contribution in [3.63, 3.8) is 0 Å². The first-order chi connectivity index (χ1) is 12.9. The van der Waals surface area contributed by atoms with Crippen LogP contribution in [0.5, 0.6) is 0 Å². The third-order valence-corrected chi connectivity index (χ3v) is 5.14. The number of benzene rings is 2. The summed E-state index contributed by atoms with van der Waals surface area (Å²) in [6.45, 7) is 1.90. The fourth-order valence-corrected chi connectivity index (χ4v) is 3.73. The Morgan fingerprint density at radius 3 is 2.33 bits per heavy atom. The predicted molar refractivity (Wildman–Crippen MR) is 107 cm³/mol. The Labute approximate surface area is 167 Å². The average Bonchev–Trinajstić information content (AvgIpc) is 2.95. The highest BCUT2D eigenvalue weighted by Crippen LogP contribution is 2.35. The third-order valence-electron chi connectivity index (χ3n) is 4.58. The van der Waals surface area contributed by atoms with Crippen LogP contribution in [-0.4, -0.2) is 15.6 Å². The second kappa shape index (κ2) is 7.48. The lowest BCUT2D eigenvalue weighted by Crippen LogP contribution is -2.07. The molecule has 1 heterocycles. The number of aromatic nitrogens is 1. The van der Waals surface area contributed by atoms with Crippen molar-refractivity contribution in [3.05, 3.63) is 69.5 Å². The number of hydrogen-bond donors (Lipinski definition) is 1.